The first kappa shape index (κ1) is 18.4. The number of fused-ring (bicyclic) bond motifs is 1. The molecule has 136 valence electrons. The normalized spacial score (nSPS) is 11.6. The summed E-state index contributed by atoms with van der Waals surface area (Å²) in [5, 5.41) is 9.57. The summed E-state index contributed by atoms with van der Waals surface area (Å²) in [5.74, 6) is -1.49. The molecule has 0 radical (unpaired) electrons. The summed E-state index contributed by atoms with van der Waals surface area (Å²) < 4.78 is 43.1. The zero-order valence-electron chi connectivity index (χ0n) is 12.9. The third kappa shape index (κ3) is 3.44. The first-order chi connectivity index (χ1) is 12.2. The van der Waals surface area contributed by atoms with Gasteiger partial charge in [-0.3, -0.25) is 9.89 Å². The van der Waals surface area contributed by atoms with Crippen molar-refractivity contribution in [3.63, 3.8) is 0 Å². The van der Waals surface area contributed by atoms with Crippen LogP contribution >= 0.6 is 27.3 Å². The highest BCUT2D eigenvalue weighted by molar-refractivity contribution is 9.11. The number of benzene rings is 1. The minimum Gasteiger partial charge on any atom is -0.465 e. The van der Waals surface area contributed by atoms with Gasteiger partial charge in [-0.1, -0.05) is 0 Å². The Kier molecular flexibility index (Phi) is 4.76. The number of aromatic amines is 1. The number of rotatable bonds is 3. The number of nitrogens with one attached hydrogen (secondary N) is 2. The summed E-state index contributed by atoms with van der Waals surface area (Å²) in [4.78, 5) is 24.2. The highest BCUT2D eigenvalue weighted by atomic mass is 79.9. The summed E-state index contributed by atoms with van der Waals surface area (Å²) in [5.41, 5.74) is -0.245. The van der Waals surface area contributed by atoms with E-state index in [1.54, 1.807) is 0 Å². The van der Waals surface area contributed by atoms with Crippen LogP contribution in [0.3, 0.4) is 0 Å². The zero-order chi connectivity index (χ0) is 19.1. The topological polar surface area (TPSA) is 84.1 Å². The molecule has 11 heteroatoms. The second kappa shape index (κ2) is 6.72. The number of carbonyl (C=O) groups excluding carboxylic acids is 2. The Balaban J connectivity index is 1.98. The number of hydrogen-bond acceptors (Lipinski definition) is 5. The lowest BCUT2D eigenvalue weighted by atomic mass is 10.1. The minimum atomic E-state index is -4.58. The maximum atomic E-state index is 12.9. The van der Waals surface area contributed by atoms with Crippen LogP contribution in [0.2, 0.25) is 0 Å². The molecule has 0 fully saturated rings. The third-order valence-corrected chi connectivity index (χ3v) is 5.28. The fraction of sp³-hybridized carbons (Fsp3) is 0.133. The summed E-state index contributed by atoms with van der Waals surface area (Å²) in [7, 11) is 1.18. The SMILES string of the molecule is COC(=O)c1cc2[nH]ncc2cc1NC(=O)c1cc(C(F)(F)F)c(Br)s1. The summed E-state index contributed by atoms with van der Waals surface area (Å²) in [6, 6.07) is 3.67. The van der Waals surface area contributed by atoms with Crippen LogP contribution in [0, 0.1) is 0 Å². The van der Waals surface area contributed by atoms with Crippen molar-refractivity contribution >= 4 is 55.7 Å². The van der Waals surface area contributed by atoms with Crippen LogP contribution in [0.1, 0.15) is 25.6 Å². The molecule has 3 aromatic rings. The predicted octanol–water partition coefficient (Wildman–Crippen LogP) is 4.44. The number of H-pyrrole nitrogens is 1. The predicted molar refractivity (Wildman–Crippen MR) is 92.4 cm³/mol. The van der Waals surface area contributed by atoms with Gasteiger partial charge >= 0.3 is 12.1 Å². The van der Waals surface area contributed by atoms with Gasteiger partial charge in [-0.15, -0.1) is 11.3 Å². The number of methoxy groups -OCH3 is 1. The number of ether oxygens (including phenoxy) is 1. The molecule has 0 atom stereocenters. The largest absolute Gasteiger partial charge is 0.465 e. The number of carbonyl (C=O) groups is 2. The van der Waals surface area contributed by atoms with Gasteiger partial charge in [0.25, 0.3) is 5.91 Å². The Morgan fingerprint density at radius 1 is 1.31 bits per heavy atom. The average Bonchev–Trinajstić information content (AvgIpc) is 3.18. The number of esters is 1. The molecule has 2 heterocycles. The molecule has 0 saturated heterocycles. The van der Waals surface area contributed by atoms with E-state index >= 15 is 0 Å². The molecule has 0 aliphatic rings. The van der Waals surface area contributed by atoms with Gasteiger partial charge in [0.15, 0.2) is 0 Å². The Bertz CT molecular complexity index is 1010. The molecule has 1 aromatic carbocycles. The van der Waals surface area contributed by atoms with E-state index in [1.807, 2.05) is 0 Å². The Morgan fingerprint density at radius 3 is 2.65 bits per heavy atom. The molecule has 6 nitrogen and oxygen atoms in total. The van der Waals surface area contributed by atoms with Crippen molar-refractivity contribution in [2.45, 2.75) is 6.18 Å². The van der Waals surface area contributed by atoms with Crippen molar-refractivity contribution < 1.29 is 27.5 Å². The van der Waals surface area contributed by atoms with Crippen LogP contribution in [0.25, 0.3) is 10.9 Å². The van der Waals surface area contributed by atoms with E-state index in [0.29, 0.717) is 22.2 Å². The van der Waals surface area contributed by atoms with Crippen LogP contribution in [0.5, 0.6) is 0 Å². The number of aromatic nitrogens is 2. The Labute approximate surface area is 156 Å². The van der Waals surface area contributed by atoms with Gasteiger partial charge in [-0.05, 0) is 34.1 Å². The number of hydrogen-bond donors (Lipinski definition) is 2. The van der Waals surface area contributed by atoms with Crippen molar-refractivity contribution in [2.75, 3.05) is 12.4 Å². The summed E-state index contributed by atoms with van der Waals surface area (Å²) >= 11 is 3.46. The van der Waals surface area contributed by atoms with Crippen LogP contribution in [0.4, 0.5) is 18.9 Å². The Morgan fingerprint density at radius 2 is 2.04 bits per heavy atom. The molecule has 3 rings (SSSR count). The lowest BCUT2D eigenvalue weighted by Gasteiger charge is -2.09. The van der Waals surface area contributed by atoms with E-state index in [2.05, 4.69) is 36.2 Å². The van der Waals surface area contributed by atoms with Gasteiger partial charge in [-0.25, -0.2) is 4.79 Å². The van der Waals surface area contributed by atoms with Crippen LogP contribution < -0.4 is 5.32 Å². The molecule has 1 amide bonds. The van der Waals surface area contributed by atoms with Crippen LogP contribution in [-0.4, -0.2) is 29.2 Å². The monoisotopic (exact) mass is 447 g/mol. The van der Waals surface area contributed by atoms with E-state index in [9.17, 15) is 22.8 Å². The fourth-order valence-electron chi connectivity index (χ4n) is 2.23. The highest BCUT2D eigenvalue weighted by Crippen LogP contribution is 2.40. The second-order valence-electron chi connectivity index (χ2n) is 5.10. The van der Waals surface area contributed by atoms with Crippen molar-refractivity contribution in [2.24, 2.45) is 0 Å². The van der Waals surface area contributed by atoms with Gasteiger partial charge in [0.05, 0.1) is 44.3 Å². The number of thiophene rings is 1. The minimum absolute atomic E-state index is 0.0456. The van der Waals surface area contributed by atoms with Gasteiger partial charge in [0.1, 0.15) is 0 Å². The molecule has 2 N–H and O–H groups in total. The molecule has 0 unspecified atom stereocenters. The van der Waals surface area contributed by atoms with E-state index in [-0.39, 0.29) is 19.9 Å². The molecular formula is C15H9BrF3N3O3S. The molecule has 0 spiro atoms. The third-order valence-electron chi connectivity index (χ3n) is 3.45. The van der Waals surface area contributed by atoms with Crippen molar-refractivity contribution in [3.8, 4) is 0 Å². The van der Waals surface area contributed by atoms with E-state index in [1.165, 1.54) is 25.4 Å². The fourth-order valence-corrected chi connectivity index (χ4v) is 3.89. The van der Waals surface area contributed by atoms with Gasteiger partial charge < -0.3 is 10.1 Å². The van der Waals surface area contributed by atoms with E-state index in [4.69, 9.17) is 0 Å². The number of alkyl halides is 3. The zero-order valence-corrected chi connectivity index (χ0v) is 15.3. The first-order valence-corrected chi connectivity index (χ1v) is 8.55. The first-order valence-electron chi connectivity index (χ1n) is 6.94. The van der Waals surface area contributed by atoms with E-state index in [0.717, 1.165) is 6.07 Å². The standard InChI is InChI=1S/C15H9BrF3N3O3S/c1-25-14(24)7-3-9-6(5-20-22-9)2-10(7)21-13(23)11-4-8(12(16)26-11)15(17,18)19/h2-5H,1H3,(H,20,22)(H,21,23). The number of amides is 1. The number of halogens is 4. The lowest BCUT2D eigenvalue weighted by molar-refractivity contribution is -0.137. The van der Waals surface area contributed by atoms with E-state index < -0.39 is 23.6 Å². The second-order valence-corrected chi connectivity index (χ2v) is 7.47. The highest BCUT2D eigenvalue weighted by Gasteiger charge is 2.35. The average molecular weight is 448 g/mol. The number of nitrogens with zero attached hydrogens (tertiary/aromatic N) is 1. The van der Waals surface area contributed by atoms with Gasteiger partial charge in [0.2, 0.25) is 0 Å². The van der Waals surface area contributed by atoms with Gasteiger partial charge in [0, 0.05) is 5.39 Å². The number of anilines is 1. The summed E-state index contributed by atoms with van der Waals surface area (Å²) in [6.07, 6.45) is -3.10. The van der Waals surface area contributed by atoms with Crippen molar-refractivity contribution in [1.29, 1.82) is 0 Å². The smallest absolute Gasteiger partial charge is 0.418 e. The van der Waals surface area contributed by atoms with Crippen LogP contribution in [-0.2, 0) is 10.9 Å². The molecule has 0 aliphatic heterocycles. The van der Waals surface area contributed by atoms with Crippen LogP contribution in [0.15, 0.2) is 28.2 Å². The quantitative estimate of drug-likeness (QED) is 0.581. The van der Waals surface area contributed by atoms with Crippen molar-refractivity contribution in [1.82, 2.24) is 10.2 Å². The Hall–Kier alpha value is -2.40. The van der Waals surface area contributed by atoms with Gasteiger partial charge in [-0.2, -0.15) is 18.3 Å². The molecule has 2 aromatic heterocycles. The molecule has 0 aliphatic carbocycles. The maximum absolute atomic E-state index is 12.9. The maximum Gasteiger partial charge on any atom is 0.418 e. The van der Waals surface area contributed by atoms with Crippen molar-refractivity contribution in [3.05, 3.63) is 44.2 Å². The molecule has 0 saturated carbocycles. The summed E-state index contributed by atoms with van der Waals surface area (Å²) in [6.45, 7) is 0. The molecular weight excluding hydrogens is 439 g/mol. The lowest BCUT2D eigenvalue weighted by Crippen LogP contribution is -2.14. The molecule has 26 heavy (non-hydrogen) atoms. The molecule has 0 bridgehead atoms.